The molecule has 0 amide bonds. The van der Waals surface area contributed by atoms with Gasteiger partial charge < -0.3 is 10.4 Å². The van der Waals surface area contributed by atoms with E-state index >= 15 is 0 Å². The first-order valence-electron chi connectivity index (χ1n) is 15.7. The minimum Gasteiger partial charge on any atom is -0.396 e. The SMILES string of the molecule is CCCCCCCCCCCCCCCCCCCCCCCCCCCCNCCCO. The van der Waals surface area contributed by atoms with E-state index in [-0.39, 0.29) is 0 Å². The fourth-order valence-electron chi connectivity index (χ4n) is 4.89. The van der Waals surface area contributed by atoms with Gasteiger partial charge in [-0.25, -0.2) is 0 Å². The summed E-state index contributed by atoms with van der Waals surface area (Å²) in [5, 5.41) is 12.1. The second-order valence-corrected chi connectivity index (χ2v) is 10.7. The van der Waals surface area contributed by atoms with Gasteiger partial charge in [-0.1, -0.05) is 167 Å². The van der Waals surface area contributed by atoms with Crippen LogP contribution in [0.2, 0.25) is 0 Å². The van der Waals surface area contributed by atoms with E-state index in [4.69, 9.17) is 5.11 Å². The van der Waals surface area contributed by atoms with Crippen LogP contribution in [0.3, 0.4) is 0 Å². The van der Waals surface area contributed by atoms with Gasteiger partial charge in [0.25, 0.3) is 0 Å². The first kappa shape index (κ1) is 32.9. The van der Waals surface area contributed by atoms with Crippen LogP contribution < -0.4 is 5.32 Å². The molecule has 0 spiro atoms. The van der Waals surface area contributed by atoms with Crippen LogP contribution in [0.15, 0.2) is 0 Å². The monoisotopic (exact) mass is 468 g/mol. The molecule has 0 aromatic heterocycles. The molecule has 0 rings (SSSR count). The molecule has 0 saturated heterocycles. The van der Waals surface area contributed by atoms with E-state index in [1.807, 2.05) is 0 Å². The number of unbranched alkanes of at least 4 members (excludes halogenated alkanes) is 25. The normalized spacial score (nSPS) is 11.5. The number of nitrogens with one attached hydrogen (secondary N) is 1. The zero-order valence-corrected chi connectivity index (χ0v) is 23.2. The molecule has 0 fully saturated rings. The molecule has 200 valence electrons. The van der Waals surface area contributed by atoms with Gasteiger partial charge in [-0.05, 0) is 25.9 Å². The van der Waals surface area contributed by atoms with Gasteiger partial charge in [-0.15, -0.1) is 0 Å². The summed E-state index contributed by atoms with van der Waals surface area (Å²) in [6, 6.07) is 0. The zero-order chi connectivity index (χ0) is 23.9. The summed E-state index contributed by atoms with van der Waals surface area (Å²) in [5.41, 5.74) is 0. The van der Waals surface area contributed by atoms with E-state index in [1.165, 1.54) is 167 Å². The van der Waals surface area contributed by atoms with Crippen molar-refractivity contribution >= 4 is 0 Å². The number of hydrogen-bond acceptors (Lipinski definition) is 2. The second kappa shape index (κ2) is 31.9. The van der Waals surface area contributed by atoms with E-state index in [0.717, 1.165) is 19.5 Å². The van der Waals surface area contributed by atoms with Crippen LogP contribution >= 0.6 is 0 Å². The Hall–Kier alpha value is -0.0800. The van der Waals surface area contributed by atoms with Crippen LogP contribution in [0.4, 0.5) is 0 Å². The number of hydrogen-bond donors (Lipinski definition) is 2. The van der Waals surface area contributed by atoms with Crippen molar-refractivity contribution in [3.63, 3.8) is 0 Å². The molecule has 2 heteroatoms. The summed E-state index contributed by atoms with van der Waals surface area (Å²) in [5.74, 6) is 0. The van der Waals surface area contributed by atoms with Crippen LogP contribution in [0.1, 0.15) is 180 Å². The first-order chi connectivity index (χ1) is 16.4. The van der Waals surface area contributed by atoms with Crippen LogP contribution in [0.25, 0.3) is 0 Å². The van der Waals surface area contributed by atoms with Crippen molar-refractivity contribution in [3.05, 3.63) is 0 Å². The number of aliphatic hydroxyl groups is 1. The third-order valence-corrected chi connectivity index (χ3v) is 7.22. The van der Waals surface area contributed by atoms with Crippen molar-refractivity contribution in [2.24, 2.45) is 0 Å². The van der Waals surface area contributed by atoms with Crippen molar-refractivity contribution in [3.8, 4) is 0 Å². The van der Waals surface area contributed by atoms with Crippen LogP contribution in [-0.2, 0) is 0 Å². The predicted octanol–water partition coefficient (Wildman–Crippen LogP) is 10.1. The Morgan fingerprint density at radius 1 is 0.333 bits per heavy atom. The Labute approximate surface area is 210 Å². The van der Waals surface area contributed by atoms with Gasteiger partial charge in [0.2, 0.25) is 0 Å². The Morgan fingerprint density at radius 2 is 0.576 bits per heavy atom. The van der Waals surface area contributed by atoms with Crippen molar-refractivity contribution in [2.75, 3.05) is 19.7 Å². The number of aliphatic hydroxyl groups excluding tert-OH is 1. The van der Waals surface area contributed by atoms with Gasteiger partial charge >= 0.3 is 0 Å². The Balaban J connectivity index is 2.99. The highest BCUT2D eigenvalue weighted by Crippen LogP contribution is 2.15. The summed E-state index contributed by atoms with van der Waals surface area (Å²) in [4.78, 5) is 0. The third kappa shape index (κ3) is 31.9. The molecule has 0 aromatic rings. The smallest absolute Gasteiger partial charge is 0.0443 e. The maximum Gasteiger partial charge on any atom is 0.0443 e. The lowest BCUT2D eigenvalue weighted by Crippen LogP contribution is -2.17. The third-order valence-electron chi connectivity index (χ3n) is 7.22. The lowest BCUT2D eigenvalue weighted by Gasteiger charge is -2.05. The van der Waals surface area contributed by atoms with Gasteiger partial charge in [-0.3, -0.25) is 0 Å². The maximum atomic E-state index is 8.73. The van der Waals surface area contributed by atoms with Crippen molar-refractivity contribution < 1.29 is 5.11 Å². The Kier molecular flexibility index (Phi) is 31.8. The minimum atomic E-state index is 0.312. The molecule has 0 aliphatic carbocycles. The second-order valence-electron chi connectivity index (χ2n) is 10.7. The standard InChI is InChI=1S/C31H65NO/c1-2-3-4-5-6-7-8-9-10-11-12-13-14-15-16-17-18-19-20-21-22-23-24-25-26-27-29-32-30-28-31-33/h32-33H,2-31H2,1H3. The molecule has 0 aliphatic heterocycles. The fraction of sp³-hybridized carbons (Fsp3) is 1.00. The molecule has 0 aliphatic rings. The highest BCUT2D eigenvalue weighted by molar-refractivity contribution is 4.53. The lowest BCUT2D eigenvalue weighted by molar-refractivity contribution is 0.286. The molecule has 0 bridgehead atoms. The van der Waals surface area contributed by atoms with Crippen LogP contribution in [0, 0.1) is 0 Å². The van der Waals surface area contributed by atoms with E-state index in [0.29, 0.717) is 6.61 Å². The van der Waals surface area contributed by atoms with Crippen LogP contribution in [-0.4, -0.2) is 24.8 Å². The van der Waals surface area contributed by atoms with Gasteiger partial charge in [0.05, 0.1) is 0 Å². The van der Waals surface area contributed by atoms with Crippen LogP contribution in [0.5, 0.6) is 0 Å². The fourth-order valence-corrected chi connectivity index (χ4v) is 4.89. The molecule has 0 radical (unpaired) electrons. The zero-order valence-electron chi connectivity index (χ0n) is 23.2. The van der Waals surface area contributed by atoms with E-state index in [1.54, 1.807) is 0 Å². The molecule has 0 atom stereocenters. The summed E-state index contributed by atoms with van der Waals surface area (Å²) < 4.78 is 0. The van der Waals surface area contributed by atoms with Crippen molar-refractivity contribution in [1.82, 2.24) is 5.32 Å². The molecular formula is C31H65NO. The van der Waals surface area contributed by atoms with Gasteiger partial charge in [0, 0.05) is 6.61 Å². The van der Waals surface area contributed by atoms with Crippen molar-refractivity contribution in [2.45, 2.75) is 180 Å². The first-order valence-corrected chi connectivity index (χ1v) is 15.7. The molecule has 2 nitrogen and oxygen atoms in total. The maximum absolute atomic E-state index is 8.73. The summed E-state index contributed by atoms with van der Waals surface area (Å²) in [6.07, 6.45) is 38.7. The predicted molar refractivity (Wildman–Crippen MR) is 150 cm³/mol. The molecule has 2 N–H and O–H groups in total. The summed E-state index contributed by atoms with van der Waals surface area (Å²) >= 11 is 0. The topological polar surface area (TPSA) is 32.3 Å². The lowest BCUT2D eigenvalue weighted by atomic mass is 10.0. The Morgan fingerprint density at radius 3 is 0.848 bits per heavy atom. The van der Waals surface area contributed by atoms with Crippen molar-refractivity contribution in [1.29, 1.82) is 0 Å². The van der Waals surface area contributed by atoms with E-state index < -0.39 is 0 Å². The van der Waals surface area contributed by atoms with E-state index in [9.17, 15) is 0 Å². The Bertz CT molecular complexity index is 290. The van der Waals surface area contributed by atoms with Gasteiger partial charge in [-0.2, -0.15) is 0 Å². The molecule has 0 saturated carbocycles. The molecule has 0 aromatic carbocycles. The van der Waals surface area contributed by atoms with Gasteiger partial charge in [0.15, 0.2) is 0 Å². The number of rotatable bonds is 30. The highest BCUT2D eigenvalue weighted by Gasteiger charge is 1.96. The molecule has 33 heavy (non-hydrogen) atoms. The minimum absolute atomic E-state index is 0.312. The molecular weight excluding hydrogens is 402 g/mol. The van der Waals surface area contributed by atoms with E-state index in [2.05, 4.69) is 12.2 Å². The summed E-state index contributed by atoms with van der Waals surface area (Å²) in [7, 11) is 0. The average molecular weight is 468 g/mol. The highest BCUT2D eigenvalue weighted by atomic mass is 16.3. The quantitative estimate of drug-likeness (QED) is 0.103. The average Bonchev–Trinajstić information content (AvgIpc) is 2.83. The molecule has 0 heterocycles. The van der Waals surface area contributed by atoms with Gasteiger partial charge in [0.1, 0.15) is 0 Å². The largest absolute Gasteiger partial charge is 0.396 e. The molecule has 0 unspecified atom stereocenters. The summed E-state index contributed by atoms with van der Waals surface area (Å²) in [6.45, 7) is 4.71.